The number of carbonyl (C=O) groups excluding carboxylic acids is 1. The van der Waals surface area contributed by atoms with Gasteiger partial charge < -0.3 is 10.4 Å². The van der Waals surface area contributed by atoms with E-state index < -0.39 is 28.9 Å². The zero-order valence-electron chi connectivity index (χ0n) is 18.6. The molecule has 2 fully saturated rings. The van der Waals surface area contributed by atoms with Gasteiger partial charge in [-0.3, -0.25) is 14.9 Å². The minimum atomic E-state index is -1.12. The highest BCUT2D eigenvalue weighted by atomic mass is 35.5. The van der Waals surface area contributed by atoms with Gasteiger partial charge in [-0.1, -0.05) is 49.5 Å². The largest absolute Gasteiger partial charge is 0.480 e. The first-order valence-electron chi connectivity index (χ1n) is 11.4. The number of anilines is 1. The van der Waals surface area contributed by atoms with Crippen molar-refractivity contribution in [2.45, 2.75) is 68.9 Å². The van der Waals surface area contributed by atoms with Gasteiger partial charge in [-0.25, -0.2) is 4.98 Å². The molecule has 1 unspecified atom stereocenters. The van der Waals surface area contributed by atoms with Crippen LogP contribution >= 0.6 is 23.2 Å². The Morgan fingerprint density at radius 3 is 2.55 bits per heavy atom. The highest BCUT2D eigenvalue weighted by molar-refractivity contribution is 6.31. The van der Waals surface area contributed by atoms with Gasteiger partial charge in [-0.15, -0.1) is 0 Å². The maximum absolute atomic E-state index is 14.1. The molecule has 3 atom stereocenters. The van der Waals surface area contributed by atoms with Crippen molar-refractivity contribution in [1.29, 1.82) is 0 Å². The number of rotatable bonds is 3. The first kappa shape index (κ1) is 22.6. The number of benzene rings is 1. The van der Waals surface area contributed by atoms with E-state index in [4.69, 9.17) is 23.2 Å². The molecule has 33 heavy (non-hydrogen) atoms. The monoisotopic (exact) mass is 487 g/mol. The van der Waals surface area contributed by atoms with Crippen molar-refractivity contribution in [3.63, 3.8) is 0 Å². The number of pyridine rings is 1. The number of aliphatic carboxylic acids is 1. The summed E-state index contributed by atoms with van der Waals surface area (Å²) in [6.07, 6.45) is 5.83. The Hall–Kier alpha value is -2.15. The van der Waals surface area contributed by atoms with E-state index in [1.165, 1.54) is 0 Å². The molecule has 2 aliphatic heterocycles. The number of aromatic nitrogens is 1. The summed E-state index contributed by atoms with van der Waals surface area (Å²) in [6, 6.07) is 7.91. The van der Waals surface area contributed by atoms with Crippen LogP contribution in [-0.4, -0.2) is 33.5 Å². The van der Waals surface area contributed by atoms with Crippen LogP contribution in [0.1, 0.15) is 63.0 Å². The second-order valence-electron chi connectivity index (χ2n) is 10.0. The second kappa shape index (κ2) is 7.69. The number of hydrogen-bond donors (Lipinski definition) is 3. The van der Waals surface area contributed by atoms with Crippen molar-refractivity contribution in [3.8, 4) is 0 Å². The summed E-state index contributed by atoms with van der Waals surface area (Å²) in [5.74, 6) is -1.83. The number of halogens is 2. The molecule has 1 aromatic carbocycles. The predicted molar refractivity (Wildman–Crippen MR) is 128 cm³/mol. The zero-order chi connectivity index (χ0) is 23.6. The Balaban J connectivity index is 1.78. The lowest BCUT2D eigenvalue weighted by Crippen LogP contribution is -2.61. The van der Waals surface area contributed by atoms with E-state index in [1.54, 1.807) is 30.5 Å². The van der Waals surface area contributed by atoms with E-state index in [9.17, 15) is 14.7 Å². The molecule has 0 bridgehead atoms. The molecule has 5 rings (SSSR count). The van der Waals surface area contributed by atoms with Crippen LogP contribution in [0.3, 0.4) is 0 Å². The van der Waals surface area contributed by atoms with Crippen LogP contribution in [0.2, 0.25) is 10.2 Å². The summed E-state index contributed by atoms with van der Waals surface area (Å²) in [4.78, 5) is 30.8. The van der Waals surface area contributed by atoms with Gasteiger partial charge in [0.25, 0.3) is 0 Å². The second-order valence-corrected chi connectivity index (χ2v) is 10.9. The molecule has 1 saturated heterocycles. The number of amides is 1. The third kappa shape index (κ3) is 3.14. The van der Waals surface area contributed by atoms with Gasteiger partial charge in [0.15, 0.2) is 0 Å². The first-order valence-corrected chi connectivity index (χ1v) is 12.1. The van der Waals surface area contributed by atoms with Crippen LogP contribution in [0.5, 0.6) is 0 Å². The van der Waals surface area contributed by atoms with E-state index in [0.29, 0.717) is 29.1 Å². The van der Waals surface area contributed by atoms with E-state index in [0.717, 1.165) is 24.8 Å². The van der Waals surface area contributed by atoms with Crippen LogP contribution in [0.15, 0.2) is 36.5 Å². The first-order chi connectivity index (χ1) is 15.7. The van der Waals surface area contributed by atoms with Crippen LogP contribution in [0.25, 0.3) is 0 Å². The SMILES string of the molecule is CCC1(C)CCC2(CC1)N[C@@H](C(=O)O)[C@H](c1ccnc(Cl)c1)C21C(=O)Nc2cc(Cl)ccc21. The maximum atomic E-state index is 14.1. The lowest BCUT2D eigenvalue weighted by atomic mass is 9.53. The van der Waals surface area contributed by atoms with Gasteiger partial charge in [-0.2, -0.15) is 0 Å². The number of nitrogens with zero attached hydrogens (tertiary/aromatic N) is 1. The summed E-state index contributed by atoms with van der Waals surface area (Å²) < 4.78 is 0. The average molecular weight is 488 g/mol. The molecule has 8 heteroatoms. The minimum absolute atomic E-state index is 0.169. The number of fused-ring (bicyclic) bond motifs is 3. The standard InChI is InChI=1S/C25H27Cl2N3O3/c1-3-23(2)7-9-24(10-8-23)25(16-5-4-15(26)13-17(16)29-22(25)33)19(20(30-24)21(31)32)14-6-11-28-18(27)12-14/h4-6,11-13,19-20,30H,3,7-10H2,1-2H3,(H,29,33)(H,31,32)/t19-,20+,23?,24?,25?/m0/s1. The van der Waals surface area contributed by atoms with E-state index in [2.05, 4.69) is 29.5 Å². The molecule has 1 aliphatic carbocycles. The highest BCUT2D eigenvalue weighted by Gasteiger charge is 2.72. The molecule has 3 N–H and O–H groups in total. The number of carboxylic acids is 1. The number of carboxylic acid groups (broad SMARTS) is 1. The summed E-state index contributed by atoms with van der Waals surface area (Å²) >= 11 is 12.5. The quantitative estimate of drug-likeness (QED) is 0.520. The Bertz CT molecular complexity index is 1150. The van der Waals surface area contributed by atoms with E-state index >= 15 is 0 Å². The number of hydrogen-bond acceptors (Lipinski definition) is 4. The minimum Gasteiger partial charge on any atom is -0.480 e. The Morgan fingerprint density at radius 2 is 1.91 bits per heavy atom. The summed E-state index contributed by atoms with van der Waals surface area (Å²) in [5.41, 5.74) is 0.473. The maximum Gasteiger partial charge on any atom is 0.321 e. The normalized spacial score (nSPS) is 35.1. The van der Waals surface area contributed by atoms with Crippen LogP contribution in [0.4, 0.5) is 5.69 Å². The van der Waals surface area contributed by atoms with Gasteiger partial charge in [-0.05, 0) is 66.5 Å². The lowest BCUT2D eigenvalue weighted by Gasteiger charge is -2.51. The molecule has 6 nitrogen and oxygen atoms in total. The summed E-state index contributed by atoms with van der Waals surface area (Å²) in [6.45, 7) is 4.47. The summed E-state index contributed by atoms with van der Waals surface area (Å²) in [5, 5.41) is 17.7. The van der Waals surface area contributed by atoms with Crippen molar-refractivity contribution in [2.24, 2.45) is 5.41 Å². The van der Waals surface area contributed by atoms with Crippen molar-refractivity contribution in [3.05, 3.63) is 57.8 Å². The lowest BCUT2D eigenvalue weighted by molar-refractivity contribution is -0.139. The highest BCUT2D eigenvalue weighted by Crippen LogP contribution is 2.64. The zero-order valence-corrected chi connectivity index (χ0v) is 20.1. The van der Waals surface area contributed by atoms with Gasteiger partial charge in [0.2, 0.25) is 5.91 Å². The van der Waals surface area contributed by atoms with Gasteiger partial charge >= 0.3 is 5.97 Å². The molecule has 1 amide bonds. The van der Waals surface area contributed by atoms with Crippen molar-refractivity contribution in [2.75, 3.05) is 5.32 Å². The Morgan fingerprint density at radius 1 is 1.18 bits per heavy atom. The fourth-order valence-electron chi connectivity index (χ4n) is 6.56. The van der Waals surface area contributed by atoms with Gasteiger partial charge in [0, 0.05) is 28.4 Å². The van der Waals surface area contributed by atoms with E-state index in [-0.39, 0.29) is 16.5 Å². The molecule has 2 spiro atoms. The summed E-state index contributed by atoms with van der Waals surface area (Å²) in [7, 11) is 0. The van der Waals surface area contributed by atoms with Crippen molar-refractivity contribution >= 4 is 40.8 Å². The van der Waals surface area contributed by atoms with Gasteiger partial charge in [0.05, 0.1) is 0 Å². The average Bonchev–Trinajstić information content (AvgIpc) is 3.24. The topological polar surface area (TPSA) is 91.3 Å². The van der Waals surface area contributed by atoms with Crippen LogP contribution < -0.4 is 10.6 Å². The van der Waals surface area contributed by atoms with Crippen molar-refractivity contribution < 1.29 is 14.7 Å². The molecular formula is C25H27Cl2N3O3. The molecular weight excluding hydrogens is 461 g/mol. The van der Waals surface area contributed by atoms with Crippen LogP contribution in [-0.2, 0) is 15.0 Å². The smallest absolute Gasteiger partial charge is 0.321 e. The van der Waals surface area contributed by atoms with Crippen LogP contribution in [0, 0.1) is 5.41 Å². The molecule has 2 aromatic rings. The predicted octanol–water partition coefficient (Wildman–Crippen LogP) is 5.15. The fraction of sp³-hybridized carbons (Fsp3) is 0.480. The molecule has 3 aliphatic rings. The van der Waals surface area contributed by atoms with Gasteiger partial charge in [0.1, 0.15) is 16.6 Å². The number of carbonyl (C=O) groups is 2. The van der Waals surface area contributed by atoms with Crippen molar-refractivity contribution in [1.82, 2.24) is 10.3 Å². The Kier molecular flexibility index (Phi) is 5.27. The molecule has 174 valence electrons. The molecule has 1 saturated carbocycles. The molecule has 3 heterocycles. The molecule has 1 aromatic heterocycles. The number of nitrogens with one attached hydrogen (secondary N) is 2. The fourth-order valence-corrected chi connectivity index (χ4v) is 6.92. The third-order valence-electron chi connectivity index (χ3n) is 8.54. The molecule has 0 radical (unpaired) electrons. The van der Waals surface area contributed by atoms with E-state index in [1.807, 2.05) is 6.07 Å². The third-order valence-corrected chi connectivity index (χ3v) is 8.98. The Labute approximate surface area is 203 Å².